The van der Waals surface area contributed by atoms with Gasteiger partial charge in [0.15, 0.2) is 0 Å². The zero-order valence-electron chi connectivity index (χ0n) is 13.3. The molecular weight excluding hydrogens is 378 g/mol. The maximum Gasteiger partial charge on any atom is 0.252 e. The lowest BCUT2D eigenvalue weighted by atomic mass is 9.92. The summed E-state index contributed by atoms with van der Waals surface area (Å²) in [6.45, 7) is 0.404. The number of likely N-dealkylation sites (N-methyl/N-ethyl adjacent to an activating group) is 1. The second-order valence-corrected chi connectivity index (χ2v) is 9.60. The minimum absolute atomic E-state index is 0.0272. The predicted molar refractivity (Wildman–Crippen MR) is 98.5 cm³/mol. The van der Waals surface area contributed by atoms with E-state index in [1.807, 2.05) is 36.4 Å². The molecule has 1 aliphatic rings. The standard InChI is InChI=1S/C17H14ClN3O2S2/c1-21-10-15(11-2-4-13(18)5-3-11)14-8-16(12-6-7-19-20-9-12)24-17(14)25(21,22)23/h2-9,15H,10H2,1H3. The van der Waals surface area contributed by atoms with Crippen LogP contribution in [0.1, 0.15) is 17.0 Å². The molecule has 0 fully saturated rings. The van der Waals surface area contributed by atoms with Crippen molar-refractivity contribution in [3.8, 4) is 10.4 Å². The highest BCUT2D eigenvalue weighted by Gasteiger charge is 2.37. The number of sulfonamides is 1. The van der Waals surface area contributed by atoms with E-state index in [0.29, 0.717) is 15.8 Å². The Morgan fingerprint density at radius 2 is 1.96 bits per heavy atom. The van der Waals surface area contributed by atoms with E-state index in [1.165, 1.54) is 15.6 Å². The summed E-state index contributed by atoms with van der Waals surface area (Å²) >= 11 is 7.27. The van der Waals surface area contributed by atoms with E-state index in [4.69, 9.17) is 11.6 Å². The summed E-state index contributed by atoms with van der Waals surface area (Å²) in [6, 6.07) is 11.4. The lowest BCUT2D eigenvalue weighted by Crippen LogP contribution is -2.36. The van der Waals surface area contributed by atoms with Gasteiger partial charge in [-0.1, -0.05) is 23.7 Å². The van der Waals surface area contributed by atoms with Crippen LogP contribution in [0.25, 0.3) is 10.4 Å². The molecule has 2 aromatic heterocycles. The van der Waals surface area contributed by atoms with Crippen molar-refractivity contribution in [3.05, 3.63) is 64.9 Å². The van der Waals surface area contributed by atoms with Gasteiger partial charge in [0.1, 0.15) is 4.21 Å². The molecule has 0 bridgehead atoms. The third-order valence-corrected chi connectivity index (χ3v) is 8.13. The first-order valence-corrected chi connectivity index (χ1v) is 10.2. The van der Waals surface area contributed by atoms with Crippen molar-refractivity contribution in [2.24, 2.45) is 0 Å². The molecule has 0 spiro atoms. The number of benzene rings is 1. The average Bonchev–Trinajstić information content (AvgIpc) is 3.07. The largest absolute Gasteiger partial charge is 0.252 e. The first kappa shape index (κ1) is 16.7. The second-order valence-electron chi connectivity index (χ2n) is 5.87. The topological polar surface area (TPSA) is 63.2 Å². The summed E-state index contributed by atoms with van der Waals surface area (Å²) in [4.78, 5) is 0.873. The monoisotopic (exact) mass is 391 g/mol. The quantitative estimate of drug-likeness (QED) is 0.669. The Hall–Kier alpha value is -1.80. The number of nitrogens with zero attached hydrogens (tertiary/aromatic N) is 3. The molecule has 1 atom stereocenters. The highest BCUT2D eigenvalue weighted by atomic mass is 35.5. The van der Waals surface area contributed by atoms with Crippen molar-refractivity contribution in [2.75, 3.05) is 13.6 Å². The number of rotatable bonds is 2. The van der Waals surface area contributed by atoms with E-state index in [-0.39, 0.29) is 5.92 Å². The molecule has 128 valence electrons. The van der Waals surface area contributed by atoms with Crippen molar-refractivity contribution in [2.45, 2.75) is 10.1 Å². The Kier molecular flexibility index (Phi) is 4.11. The lowest BCUT2D eigenvalue weighted by Gasteiger charge is -2.29. The maximum atomic E-state index is 12.8. The molecule has 4 rings (SSSR count). The van der Waals surface area contributed by atoms with Gasteiger partial charge in [0, 0.05) is 35.0 Å². The molecule has 0 aliphatic carbocycles. The summed E-state index contributed by atoms with van der Waals surface area (Å²) in [5, 5.41) is 8.33. The van der Waals surface area contributed by atoms with Crippen molar-refractivity contribution in [1.82, 2.24) is 14.5 Å². The van der Waals surface area contributed by atoms with E-state index in [0.717, 1.165) is 21.6 Å². The lowest BCUT2D eigenvalue weighted by molar-refractivity contribution is 0.440. The SMILES string of the molecule is CN1CC(c2ccc(Cl)cc2)c2cc(-c3ccnnc3)sc2S1(=O)=O. The Morgan fingerprint density at radius 1 is 1.20 bits per heavy atom. The molecule has 0 saturated heterocycles. The Labute approximate surface area is 155 Å². The zero-order chi connectivity index (χ0) is 17.6. The number of hydrogen-bond acceptors (Lipinski definition) is 5. The fourth-order valence-electron chi connectivity index (χ4n) is 2.99. The summed E-state index contributed by atoms with van der Waals surface area (Å²) in [7, 11) is -1.85. The number of hydrogen-bond donors (Lipinski definition) is 0. The van der Waals surface area contributed by atoms with Crippen LogP contribution in [0, 0.1) is 0 Å². The summed E-state index contributed by atoms with van der Waals surface area (Å²) in [5.41, 5.74) is 2.74. The molecular formula is C17H14ClN3O2S2. The van der Waals surface area contributed by atoms with E-state index in [2.05, 4.69) is 10.2 Å². The molecule has 5 nitrogen and oxygen atoms in total. The van der Waals surface area contributed by atoms with E-state index < -0.39 is 10.0 Å². The fraction of sp³-hybridized carbons (Fsp3) is 0.176. The second kappa shape index (κ2) is 6.17. The molecule has 3 aromatic rings. The summed E-state index contributed by atoms with van der Waals surface area (Å²) in [6.07, 6.45) is 3.25. The van der Waals surface area contributed by atoms with Gasteiger partial charge in [-0.25, -0.2) is 8.42 Å². The van der Waals surface area contributed by atoms with Gasteiger partial charge in [-0.2, -0.15) is 14.5 Å². The minimum atomic E-state index is -3.47. The zero-order valence-corrected chi connectivity index (χ0v) is 15.6. The molecule has 0 saturated carbocycles. The van der Waals surface area contributed by atoms with Gasteiger partial charge < -0.3 is 0 Å². The molecule has 0 N–H and O–H groups in total. The van der Waals surface area contributed by atoms with Gasteiger partial charge in [-0.3, -0.25) is 0 Å². The molecule has 25 heavy (non-hydrogen) atoms. The Balaban J connectivity index is 1.89. The van der Waals surface area contributed by atoms with E-state index >= 15 is 0 Å². The Morgan fingerprint density at radius 3 is 2.64 bits per heavy atom. The van der Waals surface area contributed by atoms with Crippen LogP contribution in [0.4, 0.5) is 0 Å². The van der Waals surface area contributed by atoms with E-state index in [9.17, 15) is 8.42 Å². The van der Waals surface area contributed by atoms with Crippen LogP contribution >= 0.6 is 22.9 Å². The molecule has 0 radical (unpaired) electrons. The maximum absolute atomic E-state index is 12.8. The number of fused-ring (bicyclic) bond motifs is 1. The smallest absolute Gasteiger partial charge is 0.206 e. The van der Waals surface area contributed by atoms with Crippen LogP contribution in [0.5, 0.6) is 0 Å². The first-order valence-electron chi connectivity index (χ1n) is 7.59. The molecule has 3 heterocycles. The minimum Gasteiger partial charge on any atom is -0.206 e. The highest BCUT2D eigenvalue weighted by Crippen LogP contribution is 2.44. The van der Waals surface area contributed by atoms with Crippen molar-refractivity contribution < 1.29 is 8.42 Å². The van der Waals surface area contributed by atoms with Crippen LogP contribution < -0.4 is 0 Å². The molecule has 8 heteroatoms. The van der Waals surface area contributed by atoms with Gasteiger partial charge in [-0.15, -0.1) is 11.3 Å². The van der Waals surface area contributed by atoms with Gasteiger partial charge in [0.2, 0.25) is 0 Å². The van der Waals surface area contributed by atoms with Gasteiger partial charge in [-0.05, 0) is 35.4 Å². The van der Waals surface area contributed by atoms with Crippen LogP contribution in [-0.4, -0.2) is 36.5 Å². The van der Waals surface area contributed by atoms with Crippen molar-refractivity contribution in [3.63, 3.8) is 0 Å². The third kappa shape index (κ3) is 2.87. The fourth-order valence-corrected chi connectivity index (χ4v) is 6.26. The van der Waals surface area contributed by atoms with Crippen molar-refractivity contribution >= 4 is 33.0 Å². The first-order chi connectivity index (χ1) is 12.0. The van der Waals surface area contributed by atoms with Gasteiger partial charge in [0.25, 0.3) is 10.0 Å². The van der Waals surface area contributed by atoms with Crippen LogP contribution in [0.15, 0.2) is 53.0 Å². The summed E-state index contributed by atoms with van der Waals surface area (Å²) in [5.74, 6) is -0.0272. The van der Waals surface area contributed by atoms with Crippen LogP contribution in [0.3, 0.4) is 0 Å². The molecule has 1 aliphatic heterocycles. The van der Waals surface area contributed by atoms with E-state index in [1.54, 1.807) is 19.4 Å². The Bertz CT molecular complexity index is 1020. The predicted octanol–water partition coefficient (Wildman–Crippen LogP) is 3.62. The van der Waals surface area contributed by atoms with Gasteiger partial charge >= 0.3 is 0 Å². The van der Waals surface area contributed by atoms with Crippen LogP contribution in [0.2, 0.25) is 5.02 Å². The number of thiophene rings is 1. The van der Waals surface area contributed by atoms with Gasteiger partial charge in [0.05, 0.1) is 12.4 Å². The van der Waals surface area contributed by atoms with Crippen molar-refractivity contribution in [1.29, 1.82) is 0 Å². The molecule has 1 aromatic carbocycles. The average molecular weight is 392 g/mol. The normalized spacial score (nSPS) is 19.5. The highest BCUT2D eigenvalue weighted by molar-refractivity contribution is 7.91. The number of aromatic nitrogens is 2. The third-order valence-electron chi connectivity index (χ3n) is 4.33. The molecule has 1 unspecified atom stereocenters. The molecule has 0 amide bonds. The summed E-state index contributed by atoms with van der Waals surface area (Å²) < 4.78 is 27.3. The number of halogens is 1. The van der Waals surface area contributed by atoms with Crippen LogP contribution in [-0.2, 0) is 10.0 Å².